The molecule has 7 heteroatoms. The van der Waals surface area contributed by atoms with Gasteiger partial charge in [0.2, 0.25) is 5.91 Å². The molecule has 0 aromatic carbocycles. The summed E-state index contributed by atoms with van der Waals surface area (Å²) in [5.74, 6) is -0.578. The number of pyridine rings is 1. The van der Waals surface area contributed by atoms with Crippen molar-refractivity contribution in [3.05, 3.63) is 24.0 Å². The van der Waals surface area contributed by atoms with Gasteiger partial charge in [-0.05, 0) is 12.1 Å². The molecule has 0 unspecified atom stereocenters. The fourth-order valence-electron chi connectivity index (χ4n) is 2.09. The maximum absolute atomic E-state index is 11.5. The van der Waals surface area contributed by atoms with Gasteiger partial charge in [-0.2, -0.15) is 0 Å². The summed E-state index contributed by atoms with van der Waals surface area (Å²) in [5.41, 5.74) is 11.7. The molecule has 1 aromatic rings. The van der Waals surface area contributed by atoms with E-state index >= 15 is 0 Å². The highest BCUT2D eigenvalue weighted by atomic mass is 16.2. The first-order valence-electron chi connectivity index (χ1n) is 6.10. The maximum atomic E-state index is 11.5. The Balaban J connectivity index is 2.03. The van der Waals surface area contributed by atoms with Gasteiger partial charge in [-0.1, -0.05) is 0 Å². The minimum atomic E-state index is -0.543. The number of nitrogens with two attached hydrogens (primary N) is 2. The summed E-state index contributed by atoms with van der Waals surface area (Å²) in [6.45, 7) is 2.71. The van der Waals surface area contributed by atoms with E-state index in [9.17, 15) is 9.59 Å². The molecule has 102 valence electrons. The third-order valence-electron chi connectivity index (χ3n) is 3.17. The van der Waals surface area contributed by atoms with Crippen molar-refractivity contribution in [3.8, 4) is 0 Å². The van der Waals surface area contributed by atoms with E-state index in [-0.39, 0.29) is 18.1 Å². The zero-order valence-corrected chi connectivity index (χ0v) is 10.6. The Hall–Kier alpha value is -2.15. The zero-order valence-electron chi connectivity index (χ0n) is 10.6. The fraction of sp³-hybridized carbons (Fsp3) is 0.417. The molecule has 19 heavy (non-hydrogen) atoms. The Labute approximate surface area is 111 Å². The second kappa shape index (κ2) is 5.66. The summed E-state index contributed by atoms with van der Waals surface area (Å²) in [7, 11) is 0. The number of anilines is 1. The molecular formula is C12H17N5O2. The molecule has 1 fully saturated rings. The molecule has 4 N–H and O–H groups in total. The highest BCUT2D eigenvalue weighted by molar-refractivity contribution is 5.91. The first-order chi connectivity index (χ1) is 9.11. The van der Waals surface area contributed by atoms with Crippen molar-refractivity contribution in [3.63, 3.8) is 0 Å². The van der Waals surface area contributed by atoms with Crippen LogP contribution >= 0.6 is 0 Å². The van der Waals surface area contributed by atoms with Crippen molar-refractivity contribution in [2.24, 2.45) is 11.5 Å². The predicted octanol–water partition coefficient (Wildman–Crippen LogP) is -1.21. The van der Waals surface area contributed by atoms with E-state index in [0.29, 0.717) is 26.2 Å². The largest absolute Gasteiger partial charge is 0.368 e. The molecule has 0 radical (unpaired) electrons. The van der Waals surface area contributed by atoms with E-state index in [2.05, 4.69) is 9.88 Å². The van der Waals surface area contributed by atoms with Crippen molar-refractivity contribution in [1.82, 2.24) is 9.88 Å². The highest BCUT2D eigenvalue weighted by Crippen LogP contribution is 2.16. The van der Waals surface area contributed by atoms with Crippen LogP contribution < -0.4 is 16.4 Å². The van der Waals surface area contributed by atoms with Crippen LogP contribution in [0, 0.1) is 0 Å². The van der Waals surface area contributed by atoms with Gasteiger partial charge in [-0.3, -0.25) is 14.6 Å². The van der Waals surface area contributed by atoms with Gasteiger partial charge in [0, 0.05) is 38.1 Å². The van der Waals surface area contributed by atoms with E-state index in [1.807, 2.05) is 6.07 Å². The number of carbonyl (C=O) groups excluding carboxylic acids is 2. The van der Waals surface area contributed by atoms with Crippen LogP contribution in [-0.2, 0) is 4.79 Å². The number of rotatable bonds is 3. The third-order valence-corrected chi connectivity index (χ3v) is 3.17. The van der Waals surface area contributed by atoms with Crippen LogP contribution in [-0.4, -0.2) is 54.4 Å². The van der Waals surface area contributed by atoms with E-state index in [4.69, 9.17) is 11.5 Å². The van der Waals surface area contributed by atoms with Gasteiger partial charge in [0.1, 0.15) is 5.69 Å². The smallest absolute Gasteiger partial charge is 0.267 e. The van der Waals surface area contributed by atoms with Crippen LogP contribution in [0.5, 0.6) is 0 Å². The number of hydrogen-bond acceptors (Lipinski definition) is 5. The standard InChI is InChI=1S/C12H17N5O2/c13-8-11(18)17-5-3-16(4-6-17)9-1-2-15-10(7-9)12(14)19/h1-2,7H,3-6,8,13H2,(H2,14,19). The van der Waals surface area contributed by atoms with E-state index in [1.54, 1.807) is 17.2 Å². The molecule has 0 saturated carbocycles. The summed E-state index contributed by atoms with van der Waals surface area (Å²) in [6, 6.07) is 3.50. The minimum Gasteiger partial charge on any atom is -0.368 e. The molecule has 2 heterocycles. The molecular weight excluding hydrogens is 246 g/mol. The average molecular weight is 263 g/mol. The predicted molar refractivity (Wildman–Crippen MR) is 70.6 cm³/mol. The monoisotopic (exact) mass is 263 g/mol. The number of primary amides is 1. The average Bonchev–Trinajstić information content (AvgIpc) is 2.46. The SMILES string of the molecule is NCC(=O)N1CCN(c2ccnc(C(N)=O)c2)CC1. The van der Waals surface area contributed by atoms with E-state index < -0.39 is 5.91 Å². The van der Waals surface area contributed by atoms with Gasteiger partial charge >= 0.3 is 0 Å². The second-order valence-corrected chi connectivity index (χ2v) is 4.34. The summed E-state index contributed by atoms with van der Waals surface area (Å²) >= 11 is 0. The normalized spacial score (nSPS) is 15.4. The molecule has 1 aliphatic rings. The van der Waals surface area contributed by atoms with Crippen LogP contribution in [0.25, 0.3) is 0 Å². The minimum absolute atomic E-state index is 0.0350. The number of aromatic nitrogens is 1. The van der Waals surface area contributed by atoms with Crippen LogP contribution in [0.2, 0.25) is 0 Å². The lowest BCUT2D eigenvalue weighted by Crippen LogP contribution is -2.50. The molecule has 0 atom stereocenters. The van der Waals surface area contributed by atoms with E-state index in [0.717, 1.165) is 5.69 Å². The first-order valence-corrected chi connectivity index (χ1v) is 6.10. The van der Waals surface area contributed by atoms with Crippen molar-refractivity contribution in [1.29, 1.82) is 0 Å². The molecule has 0 aliphatic carbocycles. The first kappa shape index (κ1) is 13.3. The van der Waals surface area contributed by atoms with Gasteiger partial charge < -0.3 is 21.3 Å². The molecule has 7 nitrogen and oxygen atoms in total. The van der Waals surface area contributed by atoms with Crippen molar-refractivity contribution in [2.75, 3.05) is 37.6 Å². The quantitative estimate of drug-likeness (QED) is 0.711. The van der Waals surface area contributed by atoms with Crippen molar-refractivity contribution >= 4 is 17.5 Å². The Morgan fingerprint density at radius 3 is 2.53 bits per heavy atom. The number of piperazine rings is 1. The van der Waals surface area contributed by atoms with Gasteiger partial charge in [0.25, 0.3) is 5.91 Å². The fourth-order valence-corrected chi connectivity index (χ4v) is 2.09. The second-order valence-electron chi connectivity index (χ2n) is 4.34. The molecule has 0 spiro atoms. The van der Waals surface area contributed by atoms with Gasteiger partial charge in [0.05, 0.1) is 6.54 Å². The molecule has 0 bridgehead atoms. The summed E-state index contributed by atoms with van der Waals surface area (Å²) in [5, 5.41) is 0. The lowest BCUT2D eigenvalue weighted by atomic mass is 10.2. The molecule has 2 rings (SSSR count). The molecule has 1 aromatic heterocycles. The van der Waals surface area contributed by atoms with Crippen LogP contribution in [0.1, 0.15) is 10.5 Å². The summed E-state index contributed by atoms with van der Waals surface area (Å²) in [4.78, 5) is 30.3. The van der Waals surface area contributed by atoms with Gasteiger partial charge in [-0.25, -0.2) is 0 Å². The molecule has 1 saturated heterocycles. The van der Waals surface area contributed by atoms with Crippen molar-refractivity contribution in [2.45, 2.75) is 0 Å². The third kappa shape index (κ3) is 3.00. The van der Waals surface area contributed by atoms with Gasteiger partial charge in [0.15, 0.2) is 0 Å². The number of hydrogen-bond donors (Lipinski definition) is 2. The number of amides is 2. The summed E-state index contributed by atoms with van der Waals surface area (Å²) < 4.78 is 0. The van der Waals surface area contributed by atoms with Crippen LogP contribution in [0.15, 0.2) is 18.3 Å². The zero-order chi connectivity index (χ0) is 13.8. The summed E-state index contributed by atoms with van der Waals surface area (Å²) in [6.07, 6.45) is 1.56. The van der Waals surface area contributed by atoms with Crippen LogP contribution in [0.3, 0.4) is 0 Å². The van der Waals surface area contributed by atoms with Gasteiger partial charge in [-0.15, -0.1) is 0 Å². The number of nitrogens with zero attached hydrogens (tertiary/aromatic N) is 3. The van der Waals surface area contributed by atoms with E-state index in [1.165, 1.54) is 0 Å². The lowest BCUT2D eigenvalue weighted by Gasteiger charge is -2.36. The Bertz CT molecular complexity index is 483. The Morgan fingerprint density at radius 2 is 1.95 bits per heavy atom. The van der Waals surface area contributed by atoms with Crippen LogP contribution in [0.4, 0.5) is 5.69 Å². The number of carbonyl (C=O) groups is 2. The maximum Gasteiger partial charge on any atom is 0.267 e. The van der Waals surface area contributed by atoms with Crippen molar-refractivity contribution < 1.29 is 9.59 Å². The topological polar surface area (TPSA) is 106 Å². The lowest BCUT2D eigenvalue weighted by molar-refractivity contribution is -0.129. The Morgan fingerprint density at radius 1 is 1.26 bits per heavy atom. The molecule has 2 amide bonds. The highest BCUT2D eigenvalue weighted by Gasteiger charge is 2.20. The molecule has 1 aliphatic heterocycles. The Kier molecular flexibility index (Phi) is 3.96.